The fourth-order valence-electron chi connectivity index (χ4n) is 1.54. The molecule has 0 atom stereocenters. The van der Waals surface area contributed by atoms with Crippen molar-refractivity contribution in [1.82, 2.24) is 0 Å². The van der Waals surface area contributed by atoms with Crippen LogP contribution in [-0.2, 0) is 0 Å². The highest BCUT2D eigenvalue weighted by Gasteiger charge is 1.94. The van der Waals surface area contributed by atoms with Gasteiger partial charge in [0.15, 0.2) is 0 Å². The highest BCUT2D eigenvalue weighted by molar-refractivity contribution is 5.36. The molecule has 1 rings (SSSR count). The van der Waals surface area contributed by atoms with Gasteiger partial charge in [0.05, 0.1) is 6.61 Å². The molecule has 0 aromatic heterocycles. The highest BCUT2D eigenvalue weighted by Crippen LogP contribution is 2.12. The van der Waals surface area contributed by atoms with Gasteiger partial charge in [0.2, 0.25) is 0 Å². The molecule has 86 valence electrons. The smallest absolute Gasteiger partial charge is 0.119 e. The van der Waals surface area contributed by atoms with Crippen LogP contribution in [0.4, 0.5) is 0 Å². The predicted molar refractivity (Wildman–Crippen MR) is 68.6 cm³/mol. The Morgan fingerprint density at radius 1 is 1.06 bits per heavy atom. The molecule has 0 N–H and O–H groups in total. The van der Waals surface area contributed by atoms with E-state index in [-0.39, 0.29) is 0 Å². The van der Waals surface area contributed by atoms with Crippen LogP contribution in [0.5, 0.6) is 5.75 Å². The molecular weight excluding hydrogens is 196 g/mol. The summed E-state index contributed by atoms with van der Waals surface area (Å²) in [5.41, 5.74) is 0.898. The standard InChI is InChI=1S/C15H20O/c1-3-5-6-7-8-13-16-15-11-9-14(4-2)10-12-15/h2,9-12H,3,5-8,13H2,1H3. The first-order valence-electron chi connectivity index (χ1n) is 6.06. The summed E-state index contributed by atoms with van der Waals surface area (Å²) in [6.07, 6.45) is 11.6. The summed E-state index contributed by atoms with van der Waals surface area (Å²) in [6, 6.07) is 7.68. The monoisotopic (exact) mass is 216 g/mol. The minimum atomic E-state index is 0.805. The van der Waals surface area contributed by atoms with Gasteiger partial charge in [0, 0.05) is 5.56 Å². The molecule has 16 heavy (non-hydrogen) atoms. The van der Waals surface area contributed by atoms with Crippen LogP contribution < -0.4 is 4.74 Å². The third-order valence-electron chi connectivity index (χ3n) is 2.54. The average Bonchev–Trinajstić information content (AvgIpc) is 2.34. The van der Waals surface area contributed by atoms with Crippen LogP contribution in [-0.4, -0.2) is 6.61 Å². The van der Waals surface area contributed by atoms with Gasteiger partial charge in [-0.3, -0.25) is 0 Å². The first kappa shape index (κ1) is 12.6. The molecule has 0 amide bonds. The molecule has 1 heteroatoms. The van der Waals surface area contributed by atoms with Crippen molar-refractivity contribution in [1.29, 1.82) is 0 Å². The van der Waals surface area contributed by atoms with E-state index in [2.05, 4.69) is 12.8 Å². The second kappa shape index (κ2) is 7.82. The average molecular weight is 216 g/mol. The van der Waals surface area contributed by atoms with Crippen molar-refractivity contribution in [2.24, 2.45) is 0 Å². The van der Waals surface area contributed by atoms with Crippen LogP contribution in [0, 0.1) is 12.3 Å². The van der Waals surface area contributed by atoms with E-state index in [1.54, 1.807) is 0 Å². The number of benzene rings is 1. The number of ether oxygens (including phenoxy) is 1. The molecule has 1 aromatic carbocycles. The minimum Gasteiger partial charge on any atom is -0.494 e. The Labute approximate surface area is 98.8 Å². The van der Waals surface area contributed by atoms with Crippen molar-refractivity contribution in [3.05, 3.63) is 29.8 Å². The van der Waals surface area contributed by atoms with Crippen LogP contribution in [0.1, 0.15) is 44.6 Å². The molecule has 0 spiro atoms. The van der Waals surface area contributed by atoms with Crippen LogP contribution in [0.2, 0.25) is 0 Å². The summed E-state index contributed by atoms with van der Waals surface area (Å²) >= 11 is 0. The first-order valence-corrected chi connectivity index (χ1v) is 6.06. The lowest BCUT2D eigenvalue weighted by molar-refractivity contribution is 0.304. The lowest BCUT2D eigenvalue weighted by Crippen LogP contribution is -1.97. The van der Waals surface area contributed by atoms with Gasteiger partial charge in [0.25, 0.3) is 0 Å². The first-order chi connectivity index (χ1) is 7.86. The van der Waals surface area contributed by atoms with E-state index in [1.807, 2.05) is 24.3 Å². The molecule has 0 bridgehead atoms. The molecule has 0 aliphatic carbocycles. The van der Waals surface area contributed by atoms with E-state index >= 15 is 0 Å². The topological polar surface area (TPSA) is 9.23 Å². The van der Waals surface area contributed by atoms with Crippen LogP contribution >= 0.6 is 0 Å². The SMILES string of the molecule is C#Cc1ccc(OCCCCCCC)cc1. The minimum absolute atomic E-state index is 0.805. The van der Waals surface area contributed by atoms with E-state index in [1.165, 1.54) is 25.7 Å². The lowest BCUT2D eigenvalue weighted by atomic mass is 10.2. The normalized spacial score (nSPS) is 9.75. The number of hydrogen-bond acceptors (Lipinski definition) is 1. The Hall–Kier alpha value is -1.42. The van der Waals surface area contributed by atoms with Crippen LogP contribution in [0.3, 0.4) is 0 Å². The summed E-state index contributed by atoms with van der Waals surface area (Å²) in [6.45, 7) is 3.03. The molecule has 0 saturated carbocycles. The summed E-state index contributed by atoms with van der Waals surface area (Å²) in [5, 5.41) is 0. The molecule has 0 aliphatic rings. The predicted octanol–water partition coefficient (Wildman–Crippen LogP) is 4.02. The second-order valence-corrected chi connectivity index (χ2v) is 3.93. The Balaban J connectivity index is 2.15. The maximum Gasteiger partial charge on any atom is 0.119 e. The van der Waals surface area contributed by atoms with Gasteiger partial charge in [-0.05, 0) is 30.7 Å². The van der Waals surface area contributed by atoms with Crippen molar-refractivity contribution in [2.75, 3.05) is 6.61 Å². The van der Waals surface area contributed by atoms with Gasteiger partial charge in [-0.15, -0.1) is 6.42 Å². The van der Waals surface area contributed by atoms with E-state index in [0.29, 0.717) is 0 Å². The fourth-order valence-corrected chi connectivity index (χ4v) is 1.54. The zero-order valence-electron chi connectivity index (χ0n) is 10.0. The van der Waals surface area contributed by atoms with Gasteiger partial charge in [-0.25, -0.2) is 0 Å². The zero-order valence-corrected chi connectivity index (χ0v) is 10.0. The third-order valence-corrected chi connectivity index (χ3v) is 2.54. The Morgan fingerprint density at radius 3 is 2.38 bits per heavy atom. The number of hydrogen-bond donors (Lipinski definition) is 0. The summed E-state index contributed by atoms with van der Waals surface area (Å²) < 4.78 is 5.62. The van der Waals surface area contributed by atoms with Crippen molar-refractivity contribution >= 4 is 0 Å². The number of rotatable bonds is 7. The zero-order chi connectivity index (χ0) is 11.6. The molecular formula is C15H20O. The van der Waals surface area contributed by atoms with Crippen LogP contribution in [0.25, 0.3) is 0 Å². The summed E-state index contributed by atoms with van der Waals surface area (Å²) in [7, 11) is 0. The quantitative estimate of drug-likeness (QED) is 0.494. The molecule has 0 heterocycles. The summed E-state index contributed by atoms with van der Waals surface area (Å²) in [5.74, 6) is 3.50. The Morgan fingerprint density at radius 2 is 1.75 bits per heavy atom. The van der Waals surface area contributed by atoms with E-state index in [4.69, 9.17) is 11.2 Å². The van der Waals surface area contributed by atoms with E-state index < -0.39 is 0 Å². The van der Waals surface area contributed by atoms with Gasteiger partial charge in [0.1, 0.15) is 5.75 Å². The summed E-state index contributed by atoms with van der Waals surface area (Å²) in [4.78, 5) is 0. The number of terminal acetylenes is 1. The van der Waals surface area contributed by atoms with Crippen LogP contribution in [0.15, 0.2) is 24.3 Å². The molecule has 0 aliphatic heterocycles. The fraction of sp³-hybridized carbons (Fsp3) is 0.467. The Kier molecular flexibility index (Phi) is 6.18. The maximum atomic E-state index is 5.62. The third kappa shape index (κ3) is 4.89. The Bertz CT molecular complexity index is 318. The van der Waals surface area contributed by atoms with E-state index in [0.717, 1.165) is 24.3 Å². The molecule has 1 nitrogen and oxygen atoms in total. The largest absolute Gasteiger partial charge is 0.494 e. The van der Waals surface area contributed by atoms with Crippen molar-refractivity contribution < 1.29 is 4.74 Å². The second-order valence-electron chi connectivity index (χ2n) is 3.93. The molecule has 0 unspecified atom stereocenters. The van der Waals surface area contributed by atoms with Gasteiger partial charge < -0.3 is 4.74 Å². The highest BCUT2D eigenvalue weighted by atomic mass is 16.5. The number of unbranched alkanes of at least 4 members (excludes halogenated alkanes) is 4. The molecule has 0 saturated heterocycles. The molecule has 0 radical (unpaired) electrons. The lowest BCUT2D eigenvalue weighted by Gasteiger charge is -2.05. The molecule has 1 aromatic rings. The van der Waals surface area contributed by atoms with Gasteiger partial charge in [-0.1, -0.05) is 38.5 Å². The van der Waals surface area contributed by atoms with Gasteiger partial charge >= 0.3 is 0 Å². The molecule has 0 fully saturated rings. The van der Waals surface area contributed by atoms with Crippen molar-refractivity contribution in [3.63, 3.8) is 0 Å². The maximum absolute atomic E-state index is 5.62. The van der Waals surface area contributed by atoms with Gasteiger partial charge in [-0.2, -0.15) is 0 Å². The van der Waals surface area contributed by atoms with E-state index in [9.17, 15) is 0 Å². The van der Waals surface area contributed by atoms with Crippen molar-refractivity contribution in [2.45, 2.75) is 39.0 Å². The van der Waals surface area contributed by atoms with Crippen molar-refractivity contribution in [3.8, 4) is 18.1 Å².